The fraction of sp³-hybridized carbons (Fsp3) is 0.923. The first kappa shape index (κ1) is 14.5. The van der Waals surface area contributed by atoms with E-state index in [1.807, 2.05) is 18.7 Å². The van der Waals surface area contributed by atoms with Crippen molar-refractivity contribution in [3.63, 3.8) is 0 Å². The summed E-state index contributed by atoms with van der Waals surface area (Å²) in [7, 11) is 0. The standard InChI is InChI=1S/C13H26N2O2/c1-4-7-12-14-10-13(16)15(12)8-5-6-9-17-11(2)3/h11-12,14H,4-10H2,1-3H3. The zero-order valence-electron chi connectivity index (χ0n) is 11.4. The zero-order valence-corrected chi connectivity index (χ0v) is 11.4. The Morgan fingerprint density at radius 3 is 2.88 bits per heavy atom. The van der Waals surface area contributed by atoms with Crippen LogP contribution in [0.4, 0.5) is 0 Å². The maximum absolute atomic E-state index is 11.7. The van der Waals surface area contributed by atoms with E-state index in [1.54, 1.807) is 0 Å². The van der Waals surface area contributed by atoms with Gasteiger partial charge in [0, 0.05) is 13.2 Å². The second-order valence-corrected chi connectivity index (χ2v) is 4.90. The Balaban J connectivity index is 2.17. The number of nitrogens with zero attached hydrogens (tertiary/aromatic N) is 1. The monoisotopic (exact) mass is 242 g/mol. The minimum atomic E-state index is 0.244. The Morgan fingerprint density at radius 2 is 2.24 bits per heavy atom. The number of rotatable bonds is 8. The van der Waals surface area contributed by atoms with Crippen LogP contribution in [0, 0.1) is 0 Å². The van der Waals surface area contributed by atoms with E-state index in [0.717, 1.165) is 38.8 Å². The molecule has 0 radical (unpaired) electrons. The molecule has 1 heterocycles. The highest BCUT2D eigenvalue weighted by atomic mass is 16.5. The Bertz CT molecular complexity index is 231. The first-order chi connectivity index (χ1) is 8.15. The number of ether oxygens (including phenoxy) is 1. The molecule has 0 bridgehead atoms. The summed E-state index contributed by atoms with van der Waals surface area (Å²) in [6, 6.07) is 0. The molecule has 1 aliphatic rings. The molecule has 0 aromatic heterocycles. The Morgan fingerprint density at radius 1 is 1.47 bits per heavy atom. The van der Waals surface area contributed by atoms with Crippen LogP contribution in [0.15, 0.2) is 0 Å². The summed E-state index contributed by atoms with van der Waals surface area (Å²) in [6.45, 7) is 8.41. The maximum atomic E-state index is 11.7. The molecule has 0 spiro atoms. The molecule has 1 saturated heterocycles. The molecule has 100 valence electrons. The van der Waals surface area contributed by atoms with Crippen molar-refractivity contribution in [1.29, 1.82) is 0 Å². The van der Waals surface area contributed by atoms with Crippen LogP contribution in [-0.4, -0.2) is 42.8 Å². The van der Waals surface area contributed by atoms with Crippen molar-refractivity contribution in [2.24, 2.45) is 0 Å². The van der Waals surface area contributed by atoms with Crippen LogP contribution in [0.5, 0.6) is 0 Å². The van der Waals surface area contributed by atoms with Gasteiger partial charge in [0.05, 0.1) is 18.8 Å². The maximum Gasteiger partial charge on any atom is 0.237 e. The van der Waals surface area contributed by atoms with Gasteiger partial charge < -0.3 is 9.64 Å². The summed E-state index contributed by atoms with van der Waals surface area (Å²) in [5.74, 6) is 0.244. The molecular weight excluding hydrogens is 216 g/mol. The van der Waals surface area contributed by atoms with E-state index in [2.05, 4.69) is 12.2 Å². The van der Waals surface area contributed by atoms with E-state index >= 15 is 0 Å². The predicted molar refractivity (Wildman–Crippen MR) is 68.7 cm³/mol. The molecule has 0 saturated carbocycles. The van der Waals surface area contributed by atoms with E-state index in [9.17, 15) is 4.79 Å². The topological polar surface area (TPSA) is 41.6 Å². The third-order valence-electron chi connectivity index (χ3n) is 2.99. The summed E-state index contributed by atoms with van der Waals surface area (Å²) in [6.07, 6.45) is 4.78. The van der Waals surface area contributed by atoms with Gasteiger partial charge in [-0.25, -0.2) is 0 Å². The number of nitrogens with one attached hydrogen (secondary N) is 1. The van der Waals surface area contributed by atoms with Crippen LogP contribution < -0.4 is 5.32 Å². The lowest BCUT2D eigenvalue weighted by atomic mass is 10.2. The third kappa shape index (κ3) is 5.04. The highest BCUT2D eigenvalue weighted by Crippen LogP contribution is 2.11. The Hall–Kier alpha value is -0.610. The molecule has 1 rings (SSSR count). The molecule has 1 amide bonds. The lowest BCUT2D eigenvalue weighted by Gasteiger charge is -2.24. The van der Waals surface area contributed by atoms with Gasteiger partial charge in [-0.05, 0) is 33.1 Å². The SMILES string of the molecule is CCCC1NCC(=O)N1CCCCOC(C)C. The summed E-state index contributed by atoms with van der Waals surface area (Å²) in [4.78, 5) is 13.6. The highest BCUT2D eigenvalue weighted by Gasteiger charge is 2.28. The van der Waals surface area contributed by atoms with Crippen molar-refractivity contribution < 1.29 is 9.53 Å². The van der Waals surface area contributed by atoms with E-state index in [-0.39, 0.29) is 12.1 Å². The van der Waals surface area contributed by atoms with Crippen LogP contribution in [0.3, 0.4) is 0 Å². The van der Waals surface area contributed by atoms with Crippen molar-refractivity contribution in [3.8, 4) is 0 Å². The van der Waals surface area contributed by atoms with Gasteiger partial charge in [-0.1, -0.05) is 13.3 Å². The molecule has 0 aromatic rings. The lowest BCUT2D eigenvalue weighted by molar-refractivity contribution is -0.128. The number of hydrogen-bond acceptors (Lipinski definition) is 3. The molecule has 1 aliphatic heterocycles. The van der Waals surface area contributed by atoms with E-state index in [1.165, 1.54) is 0 Å². The molecule has 4 nitrogen and oxygen atoms in total. The molecule has 1 N–H and O–H groups in total. The van der Waals surface area contributed by atoms with Gasteiger partial charge in [-0.3, -0.25) is 10.1 Å². The van der Waals surface area contributed by atoms with Crippen LogP contribution in [0.25, 0.3) is 0 Å². The quantitative estimate of drug-likeness (QED) is 0.659. The number of carbonyl (C=O) groups is 1. The molecule has 1 atom stereocenters. The van der Waals surface area contributed by atoms with Crippen LogP contribution >= 0.6 is 0 Å². The normalized spacial score (nSPS) is 20.6. The first-order valence-electron chi connectivity index (χ1n) is 6.79. The summed E-state index contributed by atoms with van der Waals surface area (Å²) < 4.78 is 5.49. The van der Waals surface area contributed by atoms with Gasteiger partial charge in [-0.15, -0.1) is 0 Å². The van der Waals surface area contributed by atoms with Crippen LogP contribution in [0.1, 0.15) is 46.5 Å². The van der Waals surface area contributed by atoms with E-state index in [4.69, 9.17) is 4.74 Å². The van der Waals surface area contributed by atoms with E-state index in [0.29, 0.717) is 12.6 Å². The van der Waals surface area contributed by atoms with Crippen molar-refractivity contribution in [2.45, 2.75) is 58.7 Å². The number of unbranched alkanes of at least 4 members (excludes halogenated alkanes) is 1. The summed E-state index contributed by atoms with van der Waals surface area (Å²) in [5.41, 5.74) is 0. The molecule has 0 aliphatic carbocycles. The van der Waals surface area contributed by atoms with Crippen molar-refractivity contribution in [1.82, 2.24) is 10.2 Å². The molecule has 1 unspecified atom stereocenters. The highest BCUT2D eigenvalue weighted by molar-refractivity contribution is 5.80. The predicted octanol–water partition coefficient (Wildman–Crippen LogP) is 1.75. The third-order valence-corrected chi connectivity index (χ3v) is 2.99. The molecular formula is C13H26N2O2. The van der Waals surface area contributed by atoms with Gasteiger partial charge in [0.25, 0.3) is 0 Å². The van der Waals surface area contributed by atoms with Crippen molar-refractivity contribution in [2.75, 3.05) is 19.7 Å². The van der Waals surface area contributed by atoms with Gasteiger partial charge in [0.2, 0.25) is 5.91 Å². The van der Waals surface area contributed by atoms with E-state index < -0.39 is 0 Å². The van der Waals surface area contributed by atoms with Gasteiger partial charge in [-0.2, -0.15) is 0 Å². The Labute approximate surface area is 105 Å². The number of hydrogen-bond donors (Lipinski definition) is 1. The lowest BCUT2D eigenvalue weighted by Crippen LogP contribution is -2.37. The van der Waals surface area contributed by atoms with Crippen molar-refractivity contribution >= 4 is 5.91 Å². The van der Waals surface area contributed by atoms with Crippen molar-refractivity contribution in [3.05, 3.63) is 0 Å². The number of carbonyl (C=O) groups excluding carboxylic acids is 1. The van der Waals surface area contributed by atoms with Gasteiger partial charge >= 0.3 is 0 Å². The minimum absolute atomic E-state index is 0.244. The smallest absolute Gasteiger partial charge is 0.237 e. The second kappa shape index (κ2) is 7.67. The zero-order chi connectivity index (χ0) is 12.7. The molecule has 17 heavy (non-hydrogen) atoms. The largest absolute Gasteiger partial charge is 0.379 e. The minimum Gasteiger partial charge on any atom is -0.379 e. The molecule has 4 heteroatoms. The average Bonchev–Trinajstić information content (AvgIpc) is 2.61. The summed E-state index contributed by atoms with van der Waals surface area (Å²) >= 11 is 0. The van der Waals surface area contributed by atoms with Gasteiger partial charge in [0.1, 0.15) is 0 Å². The Kier molecular flexibility index (Phi) is 6.52. The molecule has 0 aromatic carbocycles. The van der Waals surface area contributed by atoms with Crippen LogP contribution in [0.2, 0.25) is 0 Å². The average molecular weight is 242 g/mol. The first-order valence-corrected chi connectivity index (χ1v) is 6.79. The summed E-state index contributed by atoms with van der Waals surface area (Å²) in [5, 5.41) is 3.26. The number of amides is 1. The van der Waals surface area contributed by atoms with Crippen LogP contribution in [-0.2, 0) is 9.53 Å². The van der Waals surface area contributed by atoms with Gasteiger partial charge in [0.15, 0.2) is 0 Å². The fourth-order valence-corrected chi connectivity index (χ4v) is 2.11. The second-order valence-electron chi connectivity index (χ2n) is 4.90. The molecule has 1 fully saturated rings. The fourth-order valence-electron chi connectivity index (χ4n) is 2.11.